The predicted molar refractivity (Wildman–Crippen MR) is 97.2 cm³/mol. The zero-order valence-corrected chi connectivity index (χ0v) is 15.0. The van der Waals surface area contributed by atoms with Crippen molar-refractivity contribution < 1.29 is 0 Å². The summed E-state index contributed by atoms with van der Waals surface area (Å²) in [6.07, 6.45) is 9.81. The Hall–Kier alpha value is -1.79. The Bertz CT molecular complexity index is 660. The molecule has 0 amide bonds. The molecular formula is C19H28N6. The van der Waals surface area contributed by atoms with Crippen molar-refractivity contribution in [3.05, 3.63) is 41.7 Å². The van der Waals surface area contributed by atoms with E-state index < -0.39 is 0 Å². The lowest BCUT2D eigenvalue weighted by Gasteiger charge is -2.34. The van der Waals surface area contributed by atoms with Crippen LogP contribution in [0.15, 0.2) is 24.5 Å². The summed E-state index contributed by atoms with van der Waals surface area (Å²) in [5.41, 5.74) is 1.38. The lowest BCUT2D eigenvalue weighted by Crippen LogP contribution is -2.46. The largest absolute Gasteiger partial charge is 0.314 e. The second-order valence-electron chi connectivity index (χ2n) is 7.22. The fourth-order valence-corrected chi connectivity index (χ4v) is 3.87. The molecule has 4 rings (SSSR count). The number of aromatic nitrogens is 4. The Morgan fingerprint density at radius 1 is 0.840 bits per heavy atom. The van der Waals surface area contributed by atoms with E-state index in [2.05, 4.69) is 41.7 Å². The van der Waals surface area contributed by atoms with Crippen LogP contribution in [0.25, 0.3) is 0 Å². The average molecular weight is 340 g/mol. The van der Waals surface area contributed by atoms with Gasteiger partial charge in [-0.25, -0.2) is 0 Å². The fraction of sp³-hybridized carbons (Fsp3) is 0.632. The molecule has 6 nitrogen and oxygen atoms in total. The number of hydrogen-bond acceptors (Lipinski definition) is 5. The first kappa shape index (κ1) is 16.7. The highest BCUT2D eigenvalue weighted by molar-refractivity contribution is 5.10. The molecule has 2 aromatic heterocycles. The monoisotopic (exact) mass is 340 g/mol. The van der Waals surface area contributed by atoms with Crippen molar-refractivity contribution in [2.24, 2.45) is 0 Å². The predicted octanol–water partition coefficient (Wildman–Crippen LogP) is 1.76. The molecule has 0 aromatic carbocycles. The molecular weight excluding hydrogens is 312 g/mol. The Balaban J connectivity index is 1.26. The van der Waals surface area contributed by atoms with E-state index >= 15 is 0 Å². The lowest BCUT2D eigenvalue weighted by molar-refractivity contribution is 0.124. The van der Waals surface area contributed by atoms with Crippen LogP contribution >= 0.6 is 0 Å². The minimum Gasteiger partial charge on any atom is -0.314 e. The van der Waals surface area contributed by atoms with Crippen molar-refractivity contribution in [1.29, 1.82) is 0 Å². The summed E-state index contributed by atoms with van der Waals surface area (Å²) in [5, 5.41) is 8.91. The summed E-state index contributed by atoms with van der Waals surface area (Å²) < 4.78 is 2.38. The number of nitrogens with zero attached hydrogens (tertiary/aromatic N) is 6. The van der Waals surface area contributed by atoms with Crippen LogP contribution in [0.4, 0.5) is 0 Å². The molecule has 1 fully saturated rings. The molecule has 0 saturated carbocycles. The van der Waals surface area contributed by atoms with Crippen LogP contribution in [0.5, 0.6) is 0 Å². The molecule has 6 heteroatoms. The molecule has 0 N–H and O–H groups in total. The van der Waals surface area contributed by atoms with Gasteiger partial charge in [0.25, 0.3) is 0 Å². The summed E-state index contributed by atoms with van der Waals surface area (Å²) in [5.74, 6) is 2.37. The number of piperazine rings is 1. The third kappa shape index (κ3) is 4.25. The summed E-state index contributed by atoms with van der Waals surface area (Å²) >= 11 is 0. The van der Waals surface area contributed by atoms with Gasteiger partial charge < -0.3 is 9.47 Å². The van der Waals surface area contributed by atoms with E-state index in [4.69, 9.17) is 0 Å². The second-order valence-corrected chi connectivity index (χ2v) is 7.22. The van der Waals surface area contributed by atoms with Crippen molar-refractivity contribution in [1.82, 2.24) is 29.5 Å². The van der Waals surface area contributed by atoms with Gasteiger partial charge in [-0.1, -0.05) is 6.42 Å². The molecule has 25 heavy (non-hydrogen) atoms. The third-order valence-corrected chi connectivity index (χ3v) is 5.48. The zero-order valence-electron chi connectivity index (χ0n) is 15.0. The Morgan fingerprint density at radius 3 is 2.48 bits per heavy atom. The van der Waals surface area contributed by atoms with Crippen LogP contribution in [0.3, 0.4) is 0 Å². The van der Waals surface area contributed by atoms with Crippen molar-refractivity contribution in [3.8, 4) is 0 Å². The smallest absolute Gasteiger partial charge is 0.147 e. The first-order chi connectivity index (χ1) is 12.4. The van der Waals surface area contributed by atoms with Crippen LogP contribution in [0.2, 0.25) is 0 Å². The van der Waals surface area contributed by atoms with Gasteiger partial charge in [0.15, 0.2) is 0 Å². The molecule has 0 radical (unpaired) electrons. The van der Waals surface area contributed by atoms with Crippen molar-refractivity contribution >= 4 is 0 Å². The maximum absolute atomic E-state index is 4.48. The van der Waals surface area contributed by atoms with E-state index in [-0.39, 0.29) is 0 Å². The molecule has 2 aliphatic rings. The molecule has 0 bridgehead atoms. The SMILES string of the molecule is c1cc(CCN2CCN(Cc3nnc4n3CCCCC4)CC2)ccn1. The minimum atomic E-state index is 0.950. The van der Waals surface area contributed by atoms with Gasteiger partial charge in [0.1, 0.15) is 11.6 Å². The number of pyridine rings is 1. The van der Waals surface area contributed by atoms with Gasteiger partial charge >= 0.3 is 0 Å². The summed E-state index contributed by atoms with van der Waals surface area (Å²) in [7, 11) is 0. The van der Waals surface area contributed by atoms with E-state index in [0.29, 0.717) is 0 Å². The molecule has 0 atom stereocenters. The van der Waals surface area contributed by atoms with Gasteiger partial charge in [0.05, 0.1) is 6.54 Å². The van der Waals surface area contributed by atoms with E-state index in [1.165, 1.54) is 36.5 Å². The molecule has 4 heterocycles. The van der Waals surface area contributed by atoms with Crippen LogP contribution < -0.4 is 0 Å². The third-order valence-electron chi connectivity index (χ3n) is 5.48. The Labute approximate surface area is 149 Å². The molecule has 1 saturated heterocycles. The fourth-order valence-electron chi connectivity index (χ4n) is 3.87. The molecule has 2 aromatic rings. The van der Waals surface area contributed by atoms with Gasteiger partial charge in [0.2, 0.25) is 0 Å². The van der Waals surface area contributed by atoms with E-state index in [0.717, 1.165) is 58.7 Å². The van der Waals surface area contributed by atoms with Gasteiger partial charge in [0, 0.05) is 58.1 Å². The minimum absolute atomic E-state index is 0.950. The van der Waals surface area contributed by atoms with Gasteiger partial charge in [-0.3, -0.25) is 9.88 Å². The van der Waals surface area contributed by atoms with Crippen LogP contribution in [0.1, 0.15) is 36.5 Å². The molecule has 0 spiro atoms. The van der Waals surface area contributed by atoms with Crippen LogP contribution in [0, 0.1) is 0 Å². The quantitative estimate of drug-likeness (QED) is 0.830. The molecule has 2 aliphatic heterocycles. The topological polar surface area (TPSA) is 50.1 Å². The summed E-state index contributed by atoms with van der Waals surface area (Å²) in [4.78, 5) is 9.19. The van der Waals surface area contributed by atoms with Crippen molar-refractivity contribution in [2.75, 3.05) is 32.7 Å². The number of aryl methyl sites for hydroxylation is 1. The van der Waals surface area contributed by atoms with Crippen LogP contribution in [-0.4, -0.2) is 62.3 Å². The van der Waals surface area contributed by atoms with E-state index in [9.17, 15) is 0 Å². The first-order valence-corrected chi connectivity index (χ1v) is 9.63. The summed E-state index contributed by atoms with van der Waals surface area (Å²) in [6, 6.07) is 4.24. The maximum Gasteiger partial charge on any atom is 0.147 e. The van der Waals surface area contributed by atoms with E-state index in [1.54, 1.807) is 0 Å². The summed E-state index contributed by atoms with van der Waals surface area (Å²) in [6.45, 7) is 7.72. The first-order valence-electron chi connectivity index (χ1n) is 9.63. The average Bonchev–Trinajstić information content (AvgIpc) is 2.89. The Morgan fingerprint density at radius 2 is 1.64 bits per heavy atom. The highest BCUT2D eigenvalue weighted by Crippen LogP contribution is 2.16. The normalized spacial score (nSPS) is 19.5. The van der Waals surface area contributed by atoms with Gasteiger partial charge in [-0.15, -0.1) is 10.2 Å². The second kappa shape index (κ2) is 8.06. The van der Waals surface area contributed by atoms with Crippen LogP contribution in [-0.2, 0) is 25.9 Å². The highest BCUT2D eigenvalue weighted by atomic mass is 15.3. The lowest BCUT2D eigenvalue weighted by atomic mass is 10.2. The standard InChI is InChI=1S/C19H28N6/c1-2-4-18-21-22-19(25(18)10-3-1)16-24-14-12-23(13-15-24)11-7-17-5-8-20-9-6-17/h5-6,8-9H,1-4,7,10-16H2. The van der Waals surface area contributed by atoms with Gasteiger partial charge in [-0.2, -0.15) is 0 Å². The highest BCUT2D eigenvalue weighted by Gasteiger charge is 2.20. The Kier molecular flexibility index (Phi) is 5.37. The maximum atomic E-state index is 4.48. The number of hydrogen-bond donors (Lipinski definition) is 0. The zero-order chi connectivity index (χ0) is 16.9. The van der Waals surface area contributed by atoms with Gasteiger partial charge in [-0.05, 0) is 37.0 Å². The molecule has 134 valence electrons. The van der Waals surface area contributed by atoms with Crippen molar-refractivity contribution in [2.45, 2.75) is 45.2 Å². The van der Waals surface area contributed by atoms with Crippen molar-refractivity contribution in [3.63, 3.8) is 0 Å². The molecule has 0 unspecified atom stereocenters. The van der Waals surface area contributed by atoms with E-state index in [1.807, 2.05) is 12.4 Å². The number of rotatable bonds is 5. The molecule has 0 aliphatic carbocycles. The number of fused-ring (bicyclic) bond motifs is 1.